The maximum atomic E-state index is 6.11. The Labute approximate surface area is 120 Å². The first-order valence-corrected chi connectivity index (χ1v) is 6.74. The van der Waals surface area contributed by atoms with Crippen molar-refractivity contribution >= 4 is 0 Å². The summed E-state index contributed by atoms with van der Waals surface area (Å²) in [6, 6.07) is 15.6. The molecule has 2 N–H and O–H groups in total. The van der Waals surface area contributed by atoms with Crippen LogP contribution in [-0.4, -0.2) is 13.2 Å². The normalized spacial score (nSPS) is 13.6. The molecule has 0 heterocycles. The monoisotopic (exact) mass is 271 g/mol. The number of rotatable bonds is 5. The highest BCUT2D eigenvalue weighted by Gasteiger charge is 2.21. The molecule has 0 bridgehead atoms. The van der Waals surface area contributed by atoms with Crippen LogP contribution in [0, 0.1) is 6.92 Å². The molecule has 2 atom stereocenters. The summed E-state index contributed by atoms with van der Waals surface area (Å²) in [5.74, 6) is 1.42. The summed E-state index contributed by atoms with van der Waals surface area (Å²) >= 11 is 0. The van der Waals surface area contributed by atoms with Gasteiger partial charge in [-0.15, -0.1) is 0 Å². The topological polar surface area (TPSA) is 44.5 Å². The second-order valence-corrected chi connectivity index (χ2v) is 4.91. The fourth-order valence-electron chi connectivity index (χ4n) is 2.21. The molecule has 2 aromatic carbocycles. The van der Waals surface area contributed by atoms with Crippen LogP contribution in [0.15, 0.2) is 48.5 Å². The van der Waals surface area contributed by atoms with Gasteiger partial charge >= 0.3 is 0 Å². The molecule has 0 radical (unpaired) electrons. The van der Waals surface area contributed by atoms with E-state index in [-0.39, 0.29) is 12.1 Å². The summed E-state index contributed by atoms with van der Waals surface area (Å²) in [6.07, 6.45) is -0.201. The van der Waals surface area contributed by atoms with Gasteiger partial charge in [-0.1, -0.05) is 36.4 Å². The second kappa shape index (κ2) is 6.44. The molecule has 0 aliphatic carbocycles. The Kier molecular flexibility index (Phi) is 4.64. The van der Waals surface area contributed by atoms with E-state index in [0.717, 1.165) is 5.56 Å². The number of aryl methyl sites for hydroxylation is 1. The van der Waals surface area contributed by atoms with Gasteiger partial charge in [-0.05, 0) is 37.1 Å². The van der Waals surface area contributed by atoms with E-state index in [4.69, 9.17) is 15.2 Å². The molecule has 106 valence electrons. The van der Waals surface area contributed by atoms with Crippen molar-refractivity contribution in [1.82, 2.24) is 0 Å². The number of hydrogen-bond donors (Lipinski definition) is 1. The third-order valence-electron chi connectivity index (χ3n) is 3.30. The quantitative estimate of drug-likeness (QED) is 0.905. The van der Waals surface area contributed by atoms with Crippen molar-refractivity contribution in [3.05, 3.63) is 59.7 Å². The van der Waals surface area contributed by atoms with Crippen LogP contribution in [-0.2, 0) is 0 Å². The summed E-state index contributed by atoms with van der Waals surface area (Å²) < 4.78 is 11.4. The summed E-state index contributed by atoms with van der Waals surface area (Å²) in [7, 11) is 1.64. The molecule has 3 nitrogen and oxygen atoms in total. The van der Waals surface area contributed by atoms with Crippen LogP contribution in [0.3, 0.4) is 0 Å². The first-order chi connectivity index (χ1) is 9.63. The fourth-order valence-corrected chi connectivity index (χ4v) is 2.21. The zero-order valence-corrected chi connectivity index (χ0v) is 12.2. The molecular weight excluding hydrogens is 250 g/mol. The standard InChI is InChI=1S/C17H21NO2/c1-12-8-4-5-9-14(12)17(13(2)18)20-16-11-7-6-10-15(16)19-3/h4-11,13,17H,18H2,1-3H3. The number of para-hydroxylation sites is 2. The lowest BCUT2D eigenvalue weighted by Gasteiger charge is -2.25. The van der Waals surface area contributed by atoms with Crippen LogP contribution in [0.5, 0.6) is 11.5 Å². The van der Waals surface area contributed by atoms with E-state index in [9.17, 15) is 0 Å². The molecule has 0 saturated heterocycles. The number of nitrogens with two attached hydrogens (primary N) is 1. The van der Waals surface area contributed by atoms with Crippen molar-refractivity contribution in [2.24, 2.45) is 5.73 Å². The number of benzene rings is 2. The van der Waals surface area contributed by atoms with Gasteiger partial charge in [-0.3, -0.25) is 0 Å². The molecule has 0 saturated carbocycles. The molecule has 20 heavy (non-hydrogen) atoms. The lowest BCUT2D eigenvalue weighted by atomic mass is 9.99. The molecule has 0 fully saturated rings. The first-order valence-electron chi connectivity index (χ1n) is 6.74. The molecule has 2 aromatic rings. The van der Waals surface area contributed by atoms with Crippen molar-refractivity contribution in [2.75, 3.05) is 7.11 Å². The average molecular weight is 271 g/mol. The SMILES string of the molecule is COc1ccccc1OC(c1ccccc1C)C(C)N. The summed E-state index contributed by atoms with van der Waals surface area (Å²) in [5, 5.41) is 0. The summed E-state index contributed by atoms with van der Waals surface area (Å²) in [5.41, 5.74) is 8.39. The highest BCUT2D eigenvalue weighted by Crippen LogP contribution is 2.32. The van der Waals surface area contributed by atoms with Gasteiger partial charge in [0.25, 0.3) is 0 Å². The van der Waals surface area contributed by atoms with Gasteiger partial charge in [-0.2, -0.15) is 0 Å². The Morgan fingerprint density at radius 3 is 2.15 bits per heavy atom. The van der Waals surface area contributed by atoms with Crippen molar-refractivity contribution in [3.8, 4) is 11.5 Å². The fraction of sp³-hybridized carbons (Fsp3) is 0.294. The van der Waals surface area contributed by atoms with Gasteiger partial charge in [0.05, 0.1) is 7.11 Å². The Hall–Kier alpha value is -2.00. The van der Waals surface area contributed by atoms with E-state index in [1.807, 2.05) is 43.3 Å². The van der Waals surface area contributed by atoms with Crippen LogP contribution in [0.1, 0.15) is 24.2 Å². The van der Waals surface area contributed by atoms with Gasteiger partial charge in [-0.25, -0.2) is 0 Å². The van der Waals surface area contributed by atoms with E-state index in [0.29, 0.717) is 11.5 Å². The minimum absolute atomic E-state index is 0.124. The molecule has 2 unspecified atom stereocenters. The minimum atomic E-state index is -0.201. The second-order valence-electron chi connectivity index (χ2n) is 4.91. The van der Waals surface area contributed by atoms with Crippen LogP contribution in [0.25, 0.3) is 0 Å². The smallest absolute Gasteiger partial charge is 0.162 e. The third kappa shape index (κ3) is 3.11. The largest absolute Gasteiger partial charge is 0.493 e. The molecule has 0 aliphatic heterocycles. The van der Waals surface area contributed by atoms with Gasteiger partial charge in [0, 0.05) is 6.04 Å². The highest BCUT2D eigenvalue weighted by molar-refractivity contribution is 5.40. The van der Waals surface area contributed by atoms with Gasteiger partial charge in [0.15, 0.2) is 11.5 Å². The van der Waals surface area contributed by atoms with E-state index in [1.54, 1.807) is 7.11 Å². The van der Waals surface area contributed by atoms with Crippen LogP contribution in [0.2, 0.25) is 0 Å². The minimum Gasteiger partial charge on any atom is -0.493 e. The van der Waals surface area contributed by atoms with Gasteiger partial charge < -0.3 is 15.2 Å². The highest BCUT2D eigenvalue weighted by atomic mass is 16.5. The third-order valence-corrected chi connectivity index (χ3v) is 3.30. The van der Waals surface area contributed by atoms with Crippen LogP contribution >= 0.6 is 0 Å². The number of ether oxygens (including phenoxy) is 2. The molecule has 0 spiro atoms. The van der Waals surface area contributed by atoms with E-state index >= 15 is 0 Å². The van der Waals surface area contributed by atoms with Crippen molar-refractivity contribution in [2.45, 2.75) is 26.0 Å². The summed E-state index contributed by atoms with van der Waals surface area (Å²) in [6.45, 7) is 4.02. The average Bonchev–Trinajstić information content (AvgIpc) is 2.46. The van der Waals surface area contributed by atoms with Crippen LogP contribution < -0.4 is 15.2 Å². The maximum absolute atomic E-state index is 6.11. The lowest BCUT2D eigenvalue weighted by molar-refractivity contribution is 0.172. The molecular formula is C17H21NO2. The van der Waals surface area contributed by atoms with Crippen molar-refractivity contribution < 1.29 is 9.47 Å². The summed E-state index contributed by atoms with van der Waals surface area (Å²) in [4.78, 5) is 0. The van der Waals surface area contributed by atoms with E-state index < -0.39 is 0 Å². The molecule has 0 aromatic heterocycles. The predicted octanol–water partition coefficient (Wildman–Crippen LogP) is 3.47. The van der Waals surface area contributed by atoms with Crippen molar-refractivity contribution in [1.29, 1.82) is 0 Å². The molecule has 2 rings (SSSR count). The molecule has 3 heteroatoms. The maximum Gasteiger partial charge on any atom is 0.162 e. The predicted molar refractivity (Wildman–Crippen MR) is 81.2 cm³/mol. The molecule has 0 amide bonds. The zero-order chi connectivity index (χ0) is 14.5. The Balaban J connectivity index is 2.34. The first kappa shape index (κ1) is 14.4. The number of methoxy groups -OCH3 is 1. The lowest BCUT2D eigenvalue weighted by Crippen LogP contribution is -2.29. The Bertz CT molecular complexity index is 566. The van der Waals surface area contributed by atoms with Crippen molar-refractivity contribution in [3.63, 3.8) is 0 Å². The molecule has 0 aliphatic rings. The van der Waals surface area contributed by atoms with Crippen LogP contribution in [0.4, 0.5) is 0 Å². The van der Waals surface area contributed by atoms with E-state index in [2.05, 4.69) is 19.1 Å². The zero-order valence-electron chi connectivity index (χ0n) is 12.2. The van der Waals surface area contributed by atoms with Gasteiger partial charge in [0.2, 0.25) is 0 Å². The van der Waals surface area contributed by atoms with E-state index in [1.165, 1.54) is 5.56 Å². The number of hydrogen-bond acceptors (Lipinski definition) is 3. The van der Waals surface area contributed by atoms with Gasteiger partial charge in [0.1, 0.15) is 6.10 Å². The Morgan fingerprint density at radius 1 is 0.950 bits per heavy atom. The Morgan fingerprint density at radius 2 is 1.55 bits per heavy atom.